The molecule has 0 aliphatic carbocycles. The van der Waals surface area contributed by atoms with Gasteiger partial charge in [0.1, 0.15) is 6.04 Å². The number of nitrogens with zero attached hydrogens (tertiary/aromatic N) is 2. The highest BCUT2D eigenvalue weighted by molar-refractivity contribution is 7.12. The number of amides is 2. The number of nitro benzene ring substituents is 1. The van der Waals surface area contributed by atoms with Gasteiger partial charge in [-0.2, -0.15) is 4.39 Å². The first-order valence-electron chi connectivity index (χ1n) is 7.56. The van der Waals surface area contributed by atoms with Gasteiger partial charge in [0.25, 0.3) is 5.91 Å². The number of benzene rings is 1. The number of rotatable bonds is 4. The van der Waals surface area contributed by atoms with E-state index < -0.39 is 28.4 Å². The largest absolute Gasteiger partial charge is 0.326 e. The predicted molar refractivity (Wildman–Crippen MR) is 90.1 cm³/mol. The Bertz CT molecular complexity index is 825. The van der Waals surface area contributed by atoms with Crippen molar-refractivity contribution < 1.29 is 18.9 Å². The lowest BCUT2D eigenvalue weighted by atomic mass is 10.2. The van der Waals surface area contributed by atoms with Gasteiger partial charge < -0.3 is 10.2 Å². The third kappa shape index (κ3) is 3.50. The predicted octanol–water partition coefficient (Wildman–Crippen LogP) is 3.04. The summed E-state index contributed by atoms with van der Waals surface area (Å²) < 4.78 is 13.4. The Morgan fingerprint density at radius 1 is 1.36 bits per heavy atom. The van der Waals surface area contributed by atoms with Gasteiger partial charge in [0.05, 0.1) is 9.80 Å². The minimum absolute atomic E-state index is 0.119. The maximum absolute atomic E-state index is 13.4. The molecule has 1 fully saturated rings. The van der Waals surface area contributed by atoms with Crippen LogP contribution in [0.1, 0.15) is 22.5 Å². The first-order chi connectivity index (χ1) is 12.0. The van der Waals surface area contributed by atoms with Crippen LogP contribution in [0.25, 0.3) is 0 Å². The molecule has 7 nitrogen and oxygen atoms in total. The van der Waals surface area contributed by atoms with Crippen LogP contribution in [0, 0.1) is 15.9 Å². The number of halogens is 1. The summed E-state index contributed by atoms with van der Waals surface area (Å²) in [5.74, 6) is -1.63. The van der Waals surface area contributed by atoms with Crippen LogP contribution in [-0.4, -0.2) is 34.2 Å². The van der Waals surface area contributed by atoms with Crippen LogP contribution in [0.5, 0.6) is 0 Å². The van der Waals surface area contributed by atoms with Gasteiger partial charge in [-0.1, -0.05) is 6.07 Å². The molecule has 9 heteroatoms. The molecule has 0 bridgehead atoms. The Balaban J connectivity index is 1.75. The second-order valence-corrected chi connectivity index (χ2v) is 6.49. The van der Waals surface area contributed by atoms with Gasteiger partial charge in [0.2, 0.25) is 11.7 Å². The van der Waals surface area contributed by atoms with Crippen molar-refractivity contribution in [2.45, 2.75) is 18.9 Å². The molecule has 3 rings (SSSR count). The quantitative estimate of drug-likeness (QED) is 0.667. The van der Waals surface area contributed by atoms with Crippen LogP contribution in [-0.2, 0) is 4.79 Å². The summed E-state index contributed by atoms with van der Waals surface area (Å²) in [6.45, 7) is 0.471. The van der Waals surface area contributed by atoms with E-state index in [-0.39, 0.29) is 11.6 Å². The van der Waals surface area contributed by atoms with E-state index in [0.717, 1.165) is 12.1 Å². The van der Waals surface area contributed by atoms with Crippen LogP contribution in [0.2, 0.25) is 0 Å². The summed E-state index contributed by atoms with van der Waals surface area (Å²) in [6.07, 6.45) is 1.20. The fourth-order valence-electron chi connectivity index (χ4n) is 2.78. The molecule has 0 radical (unpaired) electrons. The molecular weight excluding hydrogens is 349 g/mol. The molecule has 1 aromatic heterocycles. The van der Waals surface area contributed by atoms with Crippen LogP contribution in [0.4, 0.5) is 15.8 Å². The number of hydrogen-bond donors (Lipinski definition) is 1. The smallest absolute Gasteiger partial charge is 0.306 e. The van der Waals surface area contributed by atoms with E-state index in [0.29, 0.717) is 24.3 Å². The van der Waals surface area contributed by atoms with Crippen molar-refractivity contribution in [2.75, 3.05) is 11.9 Å². The number of nitrogens with one attached hydrogen (secondary N) is 1. The molecule has 1 aliphatic heterocycles. The second kappa shape index (κ2) is 6.98. The molecule has 1 unspecified atom stereocenters. The number of carbonyl (C=O) groups excluding carboxylic acids is 2. The molecular formula is C16H14FN3O4S. The van der Waals surface area contributed by atoms with Crippen molar-refractivity contribution in [3.63, 3.8) is 0 Å². The van der Waals surface area contributed by atoms with E-state index in [9.17, 15) is 24.1 Å². The van der Waals surface area contributed by atoms with Crippen LogP contribution < -0.4 is 5.32 Å². The molecule has 130 valence electrons. The Labute approximate surface area is 146 Å². The molecule has 1 N–H and O–H groups in total. The molecule has 0 saturated carbocycles. The first kappa shape index (κ1) is 17.0. The zero-order valence-corrected chi connectivity index (χ0v) is 13.8. The average molecular weight is 363 g/mol. The zero-order chi connectivity index (χ0) is 18.0. The van der Waals surface area contributed by atoms with E-state index >= 15 is 0 Å². The lowest BCUT2D eigenvalue weighted by Gasteiger charge is -2.23. The number of nitro groups is 1. The molecule has 2 aromatic rings. The van der Waals surface area contributed by atoms with Gasteiger partial charge in [0.15, 0.2) is 0 Å². The highest BCUT2D eigenvalue weighted by Crippen LogP contribution is 2.25. The van der Waals surface area contributed by atoms with Crippen LogP contribution >= 0.6 is 11.3 Å². The molecule has 2 amide bonds. The lowest BCUT2D eigenvalue weighted by Crippen LogP contribution is -2.42. The van der Waals surface area contributed by atoms with E-state index in [1.54, 1.807) is 17.5 Å². The summed E-state index contributed by atoms with van der Waals surface area (Å²) in [6, 6.07) is 5.95. The molecule has 2 heterocycles. The van der Waals surface area contributed by atoms with Gasteiger partial charge in [0, 0.05) is 18.3 Å². The van der Waals surface area contributed by atoms with Crippen molar-refractivity contribution in [2.24, 2.45) is 0 Å². The maximum atomic E-state index is 13.4. The Kier molecular flexibility index (Phi) is 4.75. The number of hydrogen-bond acceptors (Lipinski definition) is 5. The molecule has 25 heavy (non-hydrogen) atoms. The number of thiophene rings is 1. The van der Waals surface area contributed by atoms with Crippen molar-refractivity contribution in [3.8, 4) is 0 Å². The molecule has 0 spiro atoms. The monoisotopic (exact) mass is 363 g/mol. The minimum Gasteiger partial charge on any atom is -0.326 e. The van der Waals surface area contributed by atoms with E-state index in [1.807, 2.05) is 0 Å². The molecule has 1 aromatic carbocycles. The third-order valence-corrected chi connectivity index (χ3v) is 4.82. The van der Waals surface area contributed by atoms with Gasteiger partial charge in [-0.3, -0.25) is 19.7 Å². The van der Waals surface area contributed by atoms with Gasteiger partial charge >= 0.3 is 5.69 Å². The fourth-order valence-corrected chi connectivity index (χ4v) is 3.46. The van der Waals surface area contributed by atoms with Gasteiger partial charge in [-0.15, -0.1) is 11.3 Å². The fraction of sp³-hybridized carbons (Fsp3) is 0.250. The van der Waals surface area contributed by atoms with Crippen molar-refractivity contribution in [1.82, 2.24) is 4.90 Å². The zero-order valence-electron chi connectivity index (χ0n) is 13.0. The summed E-state index contributed by atoms with van der Waals surface area (Å²) in [5, 5.41) is 15.1. The third-order valence-electron chi connectivity index (χ3n) is 3.96. The summed E-state index contributed by atoms with van der Waals surface area (Å²) in [4.78, 5) is 37.0. The second-order valence-electron chi connectivity index (χ2n) is 5.55. The maximum Gasteiger partial charge on any atom is 0.306 e. The van der Waals surface area contributed by atoms with E-state index in [1.165, 1.54) is 22.3 Å². The molecule has 1 aliphatic rings. The van der Waals surface area contributed by atoms with Crippen molar-refractivity contribution >= 4 is 34.5 Å². The summed E-state index contributed by atoms with van der Waals surface area (Å²) >= 11 is 1.30. The standard InChI is InChI=1S/C16H14FN3O4S/c17-11-6-5-10(9-13(11)20(23)24)18-15(21)12-3-1-7-19(12)16(22)14-4-2-8-25-14/h2,4-6,8-9,12H,1,3,7H2,(H,18,21). The van der Waals surface area contributed by atoms with E-state index in [2.05, 4.69) is 5.32 Å². The van der Waals surface area contributed by atoms with Gasteiger partial charge in [-0.25, -0.2) is 0 Å². The summed E-state index contributed by atoms with van der Waals surface area (Å²) in [5.41, 5.74) is -0.593. The highest BCUT2D eigenvalue weighted by atomic mass is 32.1. The number of likely N-dealkylation sites (tertiary alicyclic amines) is 1. The molecule has 1 atom stereocenters. The highest BCUT2D eigenvalue weighted by Gasteiger charge is 2.35. The number of anilines is 1. The first-order valence-corrected chi connectivity index (χ1v) is 8.44. The average Bonchev–Trinajstić information content (AvgIpc) is 3.27. The lowest BCUT2D eigenvalue weighted by molar-refractivity contribution is -0.387. The van der Waals surface area contributed by atoms with Crippen molar-refractivity contribution in [3.05, 3.63) is 56.5 Å². The van der Waals surface area contributed by atoms with Crippen molar-refractivity contribution in [1.29, 1.82) is 0 Å². The SMILES string of the molecule is O=C(Nc1ccc(F)c([N+](=O)[O-])c1)C1CCCN1C(=O)c1cccs1. The molecule has 1 saturated heterocycles. The van der Waals surface area contributed by atoms with E-state index in [4.69, 9.17) is 0 Å². The Morgan fingerprint density at radius 2 is 2.16 bits per heavy atom. The van der Waals surface area contributed by atoms with Crippen LogP contribution in [0.3, 0.4) is 0 Å². The summed E-state index contributed by atoms with van der Waals surface area (Å²) in [7, 11) is 0. The Hall–Kier alpha value is -2.81. The van der Waals surface area contributed by atoms with Crippen LogP contribution in [0.15, 0.2) is 35.7 Å². The number of carbonyl (C=O) groups is 2. The topological polar surface area (TPSA) is 92.5 Å². The minimum atomic E-state index is -0.974. The Morgan fingerprint density at radius 3 is 2.84 bits per heavy atom. The normalized spacial score (nSPS) is 16.7. The van der Waals surface area contributed by atoms with Gasteiger partial charge in [-0.05, 0) is 36.4 Å².